The first-order chi connectivity index (χ1) is 16.9. The fraction of sp³-hybridized carbons (Fsp3) is 0.308. The van der Waals surface area contributed by atoms with Crippen LogP contribution in [0.25, 0.3) is 5.70 Å². The lowest BCUT2D eigenvalue weighted by Gasteiger charge is -2.30. The number of hydrogen-bond acceptors (Lipinski definition) is 6. The van der Waals surface area contributed by atoms with Gasteiger partial charge in [-0.25, -0.2) is 9.37 Å². The molecule has 1 aliphatic rings. The maximum absolute atomic E-state index is 13.7. The predicted octanol–water partition coefficient (Wildman–Crippen LogP) is 5.98. The largest absolute Gasteiger partial charge is 0.394 e. The highest BCUT2D eigenvalue weighted by molar-refractivity contribution is 6.32. The van der Waals surface area contributed by atoms with Gasteiger partial charge in [-0.3, -0.25) is 0 Å². The van der Waals surface area contributed by atoms with E-state index in [0.717, 1.165) is 37.9 Å². The maximum Gasteiger partial charge on any atom is 0.225 e. The zero-order valence-electron chi connectivity index (χ0n) is 19.4. The molecule has 1 aliphatic heterocycles. The molecule has 35 heavy (non-hydrogen) atoms. The first-order valence-corrected chi connectivity index (χ1v) is 12.4. The van der Waals surface area contributed by atoms with Crippen LogP contribution >= 0.6 is 23.2 Å². The molecular formula is C26H29Cl2FN6. The summed E-state index contributed by atoms with van der Waals surface area (Å²) in [6.07, 6.45) is 4.74. The van der Waals surface area contributed by atoms with Gasteiger partial charge in [-0.15, -0.1) is 0 Å². The van der Waals surface area contributed by atoms with Crippen LogP contribution in [0.15, 0.2) is 55.2 Å². The number of benzene rings is 2. The summed E-state index contributed by atoms with van der Waals surface area (Å²) in [5.74, 6) is 1.12. The number of piperidine rings is 1. The van der Waals surface area contributed by atoms with Crippen molar-refractivity contribution in [2.24, 2.45) is 5.92 Å². The van der Waals surface area contributed by atoms with Crippen molar-refractivity contribution in [1.82, 2.24) is 15.3 Å². The van der Waals surface area contributed by atoms with E-state index in [0.29, 0.717) is 52.7 Å². The molecule has 4 rings (SSSR count). The Morgan fingerprint density at radius 1 is 1.17 bits per heavy atom. The molecule has 0 amide bonds. The Labute approximate surface area is 215 Å². The number of nitrogens with two attached hydrogens (primary N) is 1. The SMILES string of the molecule is C=C(c1ccc(F)cc1Cl)N(CCC1CCNCC1)c1nc(NCc2ccccc2Cl)ncc1N. The minimum Gasteiger partial charge on any atom is -0.394 e. The molecule has 2 aromatic carbocycles. The van der Waals surface area contributed by atoms with Gasteiger partial charge in [0.2, 0.25) is 5.95 Å². The molecule has 1 aromatic heterocycles. The van der Waals surface area contributed by atoms with Gasteiger partial charge in [-0.1, -0.05) is 48.0 Å². The first kappa shape index (κ1) is 25.2. The predicted molar refractivity (Wildman–Crippen MR) is 143 cm³/mol. The maximum atomic E-state index is 13.7. The topological polar surface area (TPSA) is 79.1 Å². The quantitative estimate of drug-likeness (QED) is 0.325. The lowest BCUT2D eigenvalue weighted by atomic mass is 9.94. The number of halogens is 3. The summed E-state index contributed by atoms with van der Waals surface area (Å²) < 4.78 is 13.7. The molecule has 0 bridgehead atoms. The summed E-state index contributed by atoms with van der Waals surface area (Å²) in [7, 11) is 0. The minimum absolute atomic E-state index is 0.284. The van der Waals surface area contributed by atoms with Gasteiger partial charge in [0, 0.05) is 29.4 Å². The number of nitrogens with zero attached hydrogens (tertiary/aromatic N) is 3. The number of nitrogens with one attached hydrogen (secondary N) is 2. The monoisotopic (exact) mass is 514 g/mol. The number of aromatic nitrogens is 2. The highest BCUT2D eigenvalue weighted by Crippen LogP contribution is 2.33. The van der Waals surface area contributed by atoms with Crippen LogP contribution in [-0.4, -0.2) is 29.6 Å². The van der Waals surface area contributed by atoms with E-state index in [-0.39, 0.29) is 5.02 Å². The van der Waals surface area contributed by atoms with Gasteiger partial charge in [0.15, 0.2) is 5.82 Å². The average molecular weight is 515 g/mol. The van der Waals surface area contributed by atoms with Crippen LogP contribution in [0.3, 0.4) is 0 Å². The van der Waals surface area contributed by atoms with Gasteiger partial charge in [0.25, 0.3) is 0 Å². The molecule has 6 nitrogen and oxygen atoms in total. The van der Waals surface area contributed by atoms with E-state index in [9.17, 15) is 4.39 Å². The van der Waals surface area contributed by atoms with Crippen LogP contribution in [0.2, 0.25) is 10.0 Å². The minimum atomic E-state index is -0.402. The van der Waals surface area contributed by atoms with Gasteiger partial charge in [0.05, 0.1) is 16.9 Å². The van der Waals surface area contributed by atoms with Crippen molar-refractivity contribution in [3.05, 3.63) is 82.2 Å². The Kier molecular flexibility index (Phi) is 8.44. The van der Waals surface area contributed by atoms with E-state index < -0.39 is 5.82 Å². The second-order valence-electron chi connectivity index (χ2n) is 8.62. The van der Waals surface area contributed by atoms with Crippen LogP contribution in [0, 0.1) is 11.7 Å². The summed E-state index contributed by atoms with van der Waals surface area (Å²) in [5.41, 5.74) is 8.93. The van der Waals surface area contributed by atoms with E-state index >= 15 is 0 Å². The first-order valence-electron chi connectivity index (χ1n) is 11.6. The zero-order chi connectivity index (χ0) is 24.8. The van der Waals surface area contributed by atoms with E-state index in [1.807, 2.05) is 29.2 Å². The summed E-state index contributed by atoms with van der Waals surface area (Å²) in [6.45, 7) is 7.42. The molecule has 184 valence electrons. The summed E-state index contributed by atoms with van der Waals surface area (Å²) >= 11 is 12.7. The number of hydrogen-bond donors (Lipinski definition) is 3. The van der Waals surface area contributed by atoms with Gasteiger partial charge < -0.3 is 21.3 Å². The molecule has 0 aliphatic carbocycles. The second kappa shape index (κ2) is 11.7. The van der Waals surface area contributed by atoms with Gasteiger partial charge >= 0.3 is 0 Å². The van der Waals surface area contributed by atoms with Crippen LogP contribution in [-0.2, 0) is 6.54 Å². The number of anilines is 3. The van der Waals surface area contributed by atoms with Gasteiger partial charge in [0.1, 0.15) is 5.82 Å². The molecule has 9 heteroatoms. The van der Waals surface area contributed by atoms with E-state index in [2.05, 4.69) is 22.2 Å². The third-order valence-corrected chi connectivity index (χ3v) is 6.92. The lowest BCUT2D eigenvalue weighted by molar-refractivity contribution is 0.357. The van der Waals surface area contributed by atoms with E-state index in [1.165, 1.54) is 12.1 Å². The number of nitrogen functional groups attached to an aromatic ring is 1. The lowest BCUT2D eigenvalue weighted by Crippen LogP contribution is -2.31. The van der Waals surface area contributed by atoms with Crippen LogP contribution < -0.4 is 21.3 Å². The fourth-order valence-corrected chi connectivity index (χ4v) is 4.70. The van der Waals surface area contributed by atoms with Crippen LogP contribution in [0.4, 0.5) is 21.8 Å². The van der Waals surface area contributed by atoms with Crippen molar-refractivity contribution >= 4 is 46.4 Å². The van der Waals surface area contributed by atoms with Crippen molar-refractivity contribution in [3.8, 4) is 0 Å². The highest BCUT2D eigenvalue weighted by Gasteiger charge is 2.22. The van der Waals surface area contributed by atoms with E-state index in [4.69, 9.17) is 33.9 Å². The van der Waals surface area contributed by atoms with Crippen LogP contribution in [0.1, 0.15) is 30.4 Å². The molecule has 4 N–H and O–H groups in total. The van der Waals surface area contributed by atoms with Gasteiger partial charge in [-0.2, -0.15) is 4.98 Å². The number of rotatable bonds is 9. The van der Waals surface area contributed by atoms with E-state index in [1.54, 1.807) is 12.3 Å². The summed E-state index contributed by atoms with van der Waals surface area (Å²) in [4.78, 5) is 11.0. The summed E-state index contributed by atoms with van der Waals surface area (Å²) in [5, 5.41) is 7.58. The zero-order valence-corrected chi connectivity index (χ0v) is 20.9. The molecule has 0 atom stereocenters. The molecule has 1 saturated heterocycles. The van der Waals surface area contributed by atoms with Crippen molar-refractivity contribution < 1.29 is 4.39 Å². The fourth-order valence-electron chi connectivity index (χ4n) is 4.22. The molecule has 2 heterocycles. The molecule has 0 saturated carbocycles. The highest BCUT2D eigenvalue weighted by atomic mass is 35.5. The van der Waals surface area contributed by atoms with Crippen molar-refractivity contribution in [2.45, 2.75) is 25.8 Å². The van der Waals surface area contributed by atoms with Crippen molar-refractivity contribution in [1.29, 1.82) is 0 Å². The molecular weight excluding hydrogens is 486 g/mol. The molecule has 1 fully saturated rings. The molecule has 0 spiro atoms. The molecule has 0 radical (unpaired) electrons. The second-order valence-corrected chi connectivity index (χ2v) is 9.44. The van der Waals surface area contributed by atoms with Gasteiger partial charge in [-0.05, 0) is 68.1 Å². The van der Waals surface area contributed by atoms with Crippen LogP contribution in [0.5, 0.6) is 0 Å². The Balaban J connectivity index is 1.61. The molecule has 3 aromatic rings. The van der Waals surface area contributed by atoms with Crippen molar-refractivity contribution in [2.75, 3.05) is 35.6 Å². The standard InChI is InChI=1S/C26H29Cl2FN6/c1-17(21-7-6-20(29)14-23(21)28)35(13-10-18-8-11-31-12-9-18)25-24(30)16-33-26(34-25)32-15-19-4-2-3-5-22(19)27/h2-7,14,16,18,31H,1,8-13,15,30H2,(H,32,33,34). The molecule has 0 unspecified atom stereocenters. The summed E-state index contributed by atoms with van der Waals surface area (Å²) in [6, 6.07) is 11.9. The normalized spacial score (nSPS) is 14.0. The third kappa shape index (κ3) is 6.42. The average Bonchev–Trinajstić information content (AvgIpc) is 2.85. The Bertz CT molecular complexity index is 1180. The Morgan fingerprint density at radius 3 is 2.69 bits per heavy atom. The van der Waals surface area contributed by atoms with Crippen molar-refractivity contribution in [3.63, 3.8) is 0 Å². The Hall–Kier alpha value is -2.87. The smallest absolute Gasteiger partial charge is 0.225 e. The third-order valence-electron chi connectivity index (χ3n) is 6.23. The Morgan fingerprint density at radius 2 is 1.94 bits per heavy atom.